The third kappa shape index (κ3) is 5.73. The van der Waals surface area contributed by atoms with Crippen LogP contribution in [-0.4, -0.2) is 18.6 Å². The first-order chi connectivity index (χ1) is 9.42. The summed E-state index contributed by atoms with van der Waals surface area (Å²) >= 11 is 0. The van der Waals surface area contributed by atoms with Crippen LogP contribution in [0.15, 0.2) is 0 Å². The molecule has 0 aromatic rings. The van der Waals surface area contributed by atoms with Gasteiger partial charge in [0, 0.05) is 18.6 Å². The largest absolute Gasteiger partial charge is 0.328 e. The van der Waals surface area contributed by atoms with E-state index >= 15 is 0 Å². The summed E-state index contributed by atoms with van der Waals surface area (Å²) in [5.74, 6) is 1.99. The molecule has 0 atom stereocenters. The minimum atomic E-state index is 0.414. The molecule has 0 aromatic carbocycles. The zero-order valence-electron chi connectivity index (χ0n) is 14.0. The van der Waals surface area contributed by atoms with Crippen LogP contribution in [0, 0.1) is 17.3 Å². The molecule has 2 aliphatic carbocycles. The van der Waals surface area contributed by atoms with Crippen molar-refractivity contribution in [2.24, 2.45) is 23.0 Å². The molecule has 2 aliphatic rings. The lowest BCUT2D eigenvalue weighted by molar-refractivity contribution is 0.208. The van der Waals surface area contributed by atoms with E-state index in [0.717, 1.165) is 24.4 Å². The summed E-state index contributed by atoms with van der Waals surface area (Å²) in [5, 5.41) is 3.77. The Balaban J connectivity index is 1.62. The zero-order chi connectivity index (χ0) is 14.6. The van der Waals surface area contributed by atoms with Crippen LogP contribution in [0.3, 0.4) is 0 Å². The van der Waals surface area contributed by atoms with Gasteiger partial charge in [-0.15, -0.1) is 0 Å². The molecule has 2 fully saturated rings. The Hall–Kier alpha value is -0.0800. The molecule has 2 saturated carbocycles. The SMILES string of the molecule is CC(C)(C)CNC1CCC(CC2CCC(N)CC2)CC1. The monoisotopic (exact) mass is 280 g/mol. The summed E-state index contributed by atoms with van der Waals surface area (Å²) in [6.45, 7) is 8.11. The highest BCUT2D eigenvalue weighted by Gasteiger charge is 2.26. The summed E-state index contributed by atoms with van der Waals surface area (Å²) in [4.78, 5) is 0. The Morgan fingerprint density at radius 1 is 0.850 bits per heavy atom. The molecule has 2 nitrogen and oxygen atoms in total. The summed E-state index contributed by atoms with van der Waals surface area (Å²) in [6, 6.07) is 1.29. The lowest BCUT2D eigenvalue weighted by Crippen LogP contribution is -2.38. The van der Waals surface area contributed by atoms with Crippen molar-refractivity contribution >= 4 is 0 Å². The Morgan fingerprint density at radius 3 is 1.85 bits per heavy atom. The van der Waals surface area contributed by atoms with Crippen molar-refractivity contribution in [2.45, 2.75) is 90.6 Å². The summed E-state index contributed by atoms with van der Waals surface area (Å²) in [5.41, 5.74) is 6.42. The number of hydrogen-bond acceptors (Lipinski definition) is 2. The zero-order valence-corrected chi connectivity index (χ0v) is 14.0. The van der Waals surface area contributed by atoms with E-state index < -0.39 is 0 Å². The highest BCUT2D eigenvalue weighted by atomic mass is 14.9. The van der Waals surface area contributed by atoms with Crippen LogP contribution in [-0.2, 0) is 0 Å². The van der Waals surface area contributed by atoms with Gasteiger partial charge in [0.05, 0.1) is 0 Å². The Labute approximate surface area is 126 Å². The standard InChI is InChI=1S/C18H36N2/c1-18(2,3)13-20-17-10-6-15(7-11-17)12-14-4-8-16(19)9-5-14/h14-17,20H,4-13,19H2,1-3H3. The highest BCUT2D eigenvalue weighted by Crippen LogP contribution is 2.35. The van der Waals surface area contributed by atoms with Gasteiger partial charge in [0.1, 0.15) is 0 Å². The second-order valence-electron chi connectivity index (χ2n) is 8.68. The first-order valence-electron chi connectivity index (χ1n) is 8.91. The average Bonchev–Trinajstić information content (AvgIpc) is 2.40. The number of nitrogens with one attached hydrogen (secondary N) is 1. The van der Waals surface area contributed by atoms with Gasteiger partial charge in [-0.25, -0.2) is 0 Å². The molecule has 20 heavy (non-hydrogen) atoms. The van der Waals surface area contributed by atoms with Gasteiger partial charge in [0.2, 0.25) is 0 Å². The molecule has 3 N–H and O–H groups in total. The fourth-order valence-corrected chi connectivity index (χ4v) is 3.95. The second kappa shape index (κ2) is 7.26. The van der Waals surface area contributed by atoms with Crippen LogP contribution in [0.4, 0.5) is 0 Å². The molecule has 0 aromatic heterocycles. The van der Waals surface area contributed by atoms with Crippen molar-refractivity contribution < 1.29 is 0 Å². The van der Waals surface area contributed by atoms with Gasteiger partial charge in [0.25, 0.3) is 0 Å². The molecule has 0 radical (unpaired) electrons. The van der Waals surface area contributed by atoms with Crippen molar-refractivity contribution in [3.63, 3.8) is 0 Å². The molecule has 118 valence electrons. The molecule has 0 amide bonds. The van der Waals surface area contributed by atoms with Gasteiger partial charge in [-0.05, 0) is 75.0 Å². The van der Waals surface area contributed by atoms with Crippen LogP contribution < -0.4 is 11.1 Å². The molecular formula is C18H36N2. The topological polar surface area (TPSA) is 38.0 Å². The maximum Gasteiger partial charge on any atom is 0.00674 e. The fraction of sp³-hybridized carbons (Fsp3) is 1.00. The molecular weight excluding hydrogens is 244 g/mol. The van der Waals surface area contributed by atoms with Crippen molar-refractivity contribution in [3.8, 4) is 0 Å². The van der Waals surface area contributed by atoms with E-state index in [9.17, 15) is 0 Å². The van der Waals surface area contributed by atoms with E-state index in [2.05, 4.69) is 26.1 Å². The number of rotatable bonds is 4. The molecule has 0 spiro atoms. The molecule has 0 unspecified atom stereocenters. The van der Waals surface area contributed by atoms with Gasteiger partial charge >= 0.3 is 0 Å². The Morgan fingerprint density at radius 2 is 1.35 bits per heavy atom. The molecule has 0 heterocycles. The van der Waals surface area contributed by atoms with Crippen molar-refractivity contribution in [1.29, 1.82) is 0 Å². The predicted octanol–water partition coefficient (Wildman–Crippen LogP) is 4.09. The summed E-state index contributed by atoms with van der Waals surface area (Å²) < 4.78 is 0. The highest BCUT2D eigenvalue weighted by molar-refractivity contribution is 4.82. The normalized spacial score (nSPS) is 36.0. The lowest BCUT2D eigenvalue weighted by Gasteiger charge is -2.34. The molecule has 0 bridgehead atoms. The van der Waals surface area contributed by atoms with Gasteiger partial charge in [-0.3, -0.25) is 0 Å². The van der Waals surface area contributed by atoms with Crippen LogP contribution in [0.1, 0.15) is 78.6 Å². The molecule has 0 saturated heterocycles. The Kier molecular flexibility index (Phi) is 5.92. The quantitative estimate of drug-likeness (QED) is 0.814. The third-order valence-corrected chi connectivity index (χ3v) is 5.33. The first-order valence-corrected chi connectivity index (χ1v) is 8.91. The fourth-order valence-electron chi connectivity index (χ4n) is 3.95. The Bertz CT molecular complexity index is 266. The number of nitrogens with two attached hydrogens (primary N) is 1. The average molecular weight is 280 g/mol. The van der Waals surface area contributed by atoms with E-state index in [1.165, 1.54) is 57.8 Å². The van der Waals surface area contributed by atoms with Gasteiger partial charge in [-0.2, -0.15) is 0 Å². The van der Waals surface area contributed by atoms with Crippen molar-refractivity contribution in [1.82, 2.24) is 5.32 Å². The van der Waals surface area contributed by atoms with E-state index in [1.807, 2.05) is 0 Å². The minimum absolute atomic E-state index is 0.414. The lowest BCUT2D eigenvalue weighted by atomic mass is 9.76. The van der Waals surface area contributed by atoms with Gasteiger partial charge in [0.15, 0.2) is 0 Å². The van der Waals surface area contributed by atoms with Crippen molar-refractivity contribution in [3.05, 3.63) is 0 Å². The van der Waals surface area contributed by atoms with E-state index in [4.69, 9.17) is 5.73 Å². The maximum atomic E-state index is 6.01. The van der Waals surface area contributed by atoms with Crippen LogP contribution in [0.5, 0.6) is 0 Å². The van der Waals surface area contributed by atoms with Crippen LogP contribution >= 0.6 is 0 Å². The van der Waals surface area contributed by atoms with E-state index in [1.54, 1.807) is 0 Å². The van der Waals surface area contributed by atoms with E-state index in [0.29, 0.717) is 11.5 Å². The second-order valence-corrected chi connectivity index (χ2v) is 8.68. The smallest absolute Gasteiger partial charge is 0.00674 e. The first kappa shape index (κ1) is 16.3. The summed E-state index contributed by atoms with van der Waals surface area (Å²) in [6.07, 6.45) is 12.5. The van der Waals surface area contributed by atoms with Gasteiger partial charge < -0.3 is 11.1 Å². The van der Waals surface area contributed by atoms with Crippen LogP contribution in [0.2, 0.25) is 0 Å². The molecule has 2 rings (SSSR count). The summed E-state index contributed by atoms with van der Waals surface area (Å²) in [7, 11) is 0. The molecule has 0 aliphatic heterocycles. The molecule has 2 heteroatoms. The maximum absolute atomic E-state index is 6.01. The minimum Gasteiger partial charge on any atom is -0.328 e. The number of hydrogen-bond donors (Lipinski definition) is 2. The van der Waals surface area contributed by atoms with Gasteiger partial charge in [-0.1, -0.05) is 20.8 Å². The predicted molar refractivity (Wildman–Crippen MR) is 87.8 cm³/mol. The van der Waals surface area contributed by atoms with Crippen LogP contribution in [0.25, 0.3) is 0 Å². The third-order valence-electron chi connectivity index (χ3n) is 5.33. The van der Waals surface area contributed by atoms with Crippen molar-refractivity contribution in [2.75, 3.05) is 6.54 Å². The van der Waals surface area contributed by atoms with E-state index in [-0.39, 0.29) is 0 Å².